The number of nitrogens with zero attached hydrogens (tertiary/aromatic N) is 2. The molecule has 0 spiro atoms. The second-order valence-electron chi connectivity index (χ2n) is 3.48. The molecule has 0 aliphatic rings. The Morgan fingerprint density at radius 3 is 2.76 bits per heavy atom. The van der Waals surface area contributed by atoms with Crippen molar-refractivity contribution in [1.29, 1.82) is 0 Å². The van der Waals surface area contributed by atoms with Crippen LogP contribution < -0.4 is 5.69 Å². The lowest BCUT2D eigenvalue weighted by Crippen LogP contribution is -2.17. The Balaban J connectivity index is 2.60. The number of carboxylic acids is 1. The van der Waals surface area contributed by atoms with E-state index in [1.807, 2.05) is 19.1 Å². The fraction of sp³-hybridized carbons (Fsp3) is 0.182. The summed E-state index contributed by atoms with van der Waals surface area (Å²) in [6.07, 6.45) is 0.734. The van der Waals surface area contributed by atoms with Crippen LogP contribution in [-0.4, -0.2) is 25.8 Å². The third-order valence-corrected chi connectivity index (χ3v) is 2.42. The monoisotopic (exact) mass is 233 g/mol. The molecule has 0 atom stereocenters. The van der Waals surface area contributed by atoms with E-state index in [9.17, 15) is 9.59 Å². The van der Waals surface area contributed by atoms with Crippen molar-refractivity contribution in [3.05, 3.63) is 46.1 Å². The van der Waals surface area contributed by atoms with Gasteiger partial charge in [0.15, 0.2) is 0 Å². The van der Waals surface area contributed by atoms with Crippen molar-refractivity contribution in [3.8, 4) is 5.69 Å². The number of aromatic nitrogens is 3. The largest absolute Gasteiger partial charge is 0.475 e. The van der Waals surface area contributed by atoms with E-state index in [1.165, 1.54) is 0 Å². The number of H-pyrrole nitrogens is 1. The molecule has 1 heterocycles. The molecule has 0 saturated heterocycles. The standard InChI is InChI=1S/C11H11N3O3/c1-2-7-5-3-4-6-8(7)14-11(17)12-9(13-14)10(15)16/h3-6H,2H2,1H3,(H,15,16)(H,12,13,17). The first-order chi connectivity index (χ1) is 8.13. The molecule has 0 aliphatic heterocycles. The van der Waals surface area contributed by atoms with E-state index in [0.29, 0.717) is 5.69 Å². The number of aromatic carboxylic acids is 1. The number of carbonyl (C=O) groups is 1. The Bertz CT molecular complexity index is 612. The summed E-state index contributed by atoms with van der Waals surface area (Å²) in [6, 6.07) is 7.23. The van der Waals surface area contributed by atoms with Gasteiger partial charge in [0, 0.05) is 0 Å². The van der Waals surface area contributed by atoms with Crippen LogP contribution in [-0.2, 0) is 6.42 Å². The minimum absolute atomic E-state index is 0.360. The summed E-state index contributed by atoms with van der Waals surface area (Å²) >= 11 is 0. The number of hydrogen-bond acceptors (Lipinski definition) is 3. The van der Waals surface area contributed by atoms with Gasteiger partial charge in [-0.1, -0.05) is 25.1 Å². The number of nitrogens with one attached hydrogen (secondary N) is 1. The van der Waals surface area contributed by atoms with E-state index in [-0.39, 0.29) is 5.82 Å². The van der Waals surface area contributed by atoms with Crippen LogP contribution in [0.15, 0.2) is 29.1 Å². The normalized spacial score (nSPS) is 10.4. The summed E-state index contributed by atoms with van der Waals surface area (Å²) in [5.41, 5.74) is 0.977. The summed E-state index contributed by atoms with van der Waals surface area (Å²) in [5.74, 6) is -1.62. The van der Waals surface area contributed by atoms with Crippen molar-refractivity contribution in [3.63, 3.8) is 0 Å². The molecule has 0 amide bonds. The number of hydrogen-bond donors (Lipinski definition) is 2. The lowest BCUT2D eigenvalue weighted by atomic mass is 10.1. The van der Waals surface area contributed by atoms with Gasteiger partial charge in [-0.25, -0.2) is 9.59 Å². The summed E-state index contributed by atoms with van der Waals surface area (Å²) < 4.78 is 1.07. The summed E-state index contributed by atoms with van der Waals surface area (Å²) in [4.78, 5) is 24.5. The quantitative estimate of drug-likeness (QED) is 0.821. The highest BCUT2D eigenvalue weighted by Crippen LogP contribution is 2.12. The molecule has 2 rings (SSSR count). The van der Waals surface area contributed by atoms with Gasteiger partial charge >= 0.3 is 11.7 Å². The molecule has 0 unspecified atom stereocenters. The number of aryl methyl sites for hydroxylation is 1. The van der Waals surface area contributed by atoms with Gasteiger partial charge in [0.2, 0.25) is 5.82 Å². The average Bonchev–Trinajstić information content (AvgIpc) is 2.71. The maximum absolute atomic E-state index is 11.6. The summed E-state index contributed by atoms with van der Waals surface area (Å²) in [6.45, 7) is 1.95. The molecule has 1 aromatic heterocycles. The van der Waals surface area contributed by atoms with Crippen LogP contribution in [0.2, 0.25) is 0 Å². The first kappa shape index (κ1) is 11.1. The fourth-order valence-corrected chi connectivity index (χ4v) is 1.60. The minimum Gasteiger partial charge on any atom is -0.475 e. The van der Waals surface area contributed by atoms with Crippen LogP contribution in [0, 0.1) is 0 Å². The Morgan fingerprint density at radius 1 is 1.47 bits per heavy atom. The van der Waals surface area contributed by atoms with Crippen molar-refractivity contribution in [2.45, 2.75) is 13.3 Å². The van der Waals surface area contributed by atoms with Crippen LogP contribution in [0.3, 0.4) is 0 Å². The number of carboxylic acid groups (broad SMARTS) is 1. The van der Waals surface area contributed by atoms with E-state index in [4.69, 9.17) is 5.11 Å². The predicted octanol–water partition coefficient (Wildman–Crippen LogP) is 0.821. The van der Waals surface area contributed by atoms with E-state index < -0.39 is 11.7 Å². The molecular formula is C11H11N3O3. The Kier molecular flexibility index (Phi) is 2.78. The molecule has 0 saturated carbocycles. The SMILES string of the molecule is CCc1ccccc1-n1nc(C(=O)O)[nH]c1=O. The number of rotatable bonds is 3. The number of aromatic amines is 1. The second-order valence-corrected chi connectivity index (χ2v) is 3.48. The molecule has 6 nitrogen and oxygen atoms in total. The van der Waals surface area contributed by atoms with Gasteiger partial charge in [0.1, 0.15) is 0 Å². The topological polar surface area (TPSA) is 88.0 Å². The van der Waals surface area contributed by atoms with Crippen LogP contribution in [0.4, 0.5) is 0 Å². The third-order valence-electron chi connectivity index (χ3n) is 2.42. The maximum atomic E-state index is 11.6. The van der Waals surface area contributed by atoms with Crippen LogP contribution >= 0.6 is 0 Å². The van der Waals surface area contributed by atoms with Gasteiger partial charge < -0.3 is 5.11 Å². The van der Waals surface area contributed by atoms with Gasteiger partial charge in [-0.2, -0.15) is 4.68 Å². The average molecular weight is 233 g/mol. The van der Waals surface area contributed by atoms with E-state index in [0.717, 1.165) is 16.7 Å². The minimum atomic E-state index is -1.25. The molecule has 17 heavy (non-hydrogen) atoms. The molecule has 2 N–H and O–H groups in total. The molecular weight excluding hydrogens is 222 g/mol. The van der Waals surface area contributed by atoms with Crippen molar-refractivity contribution in [1.82, 2.24) is 14.8 Å². The van der Waals surface area contributed by atoms with Gasteiger partial charge in [-0.15, -0.1) is 5.10 Å². The molecule has 1 aromatic carbocycles. The molecule has 2 aromatic rings. The first-order valence-electron chi connectivity index (χ1n) is 5.14. The Labute approximate surface area is 96.5 Å². The first-order valence-corrected chi connectivity index (χ1v) is 5.14. The zero-order valence-electron chi connectivity index (χ0n) is 9.17. The van der Waals surface area contributed by atoms with Crippen molar-refractivity contribution >= 4 is 5.97 Å². The van der Waals surface area contributed by atoms with Crippen LogP contribution in [0.1, 0.15) is 23.1 Å². The molecule has 0 radical (unpaired) electrons. The number of para-hydroxylation sites is 1. The lowest BCUT2D eigenvalue weighted by Gasteiger charge is -2.04. The van der Waals surface area contributed by atoms with E-state index >= 15 is 0 Å². The van der Waals surface area contributed by atoms with Gasteiger partial charge in [0.25, 0.3) is 0 Å². The lowest BCUT2D eigenvalue weighted by molar-refractivity contribution is 0.0683. The van der Waals surface area contributed by atoms with Crippen LogP contribution in [0.5, 0.6) is 0 Å². The molecule has 0 fully saturated rings. The number of benzene rings is 1. The zero-order valence-corrected chi connectivity index (χ0v) is 9.17. The summed E-state index contributed by atoms with van der Waals surface area (Å²) in [7, 11) is 0. The maximum Gasteiger partial charge on any atom is 0.373 e. The highest BCUT2D eigenvalue weighted by atomic mass is 16.4. The molecule has 6 heteroatoms. The fourth-order valence-electron chi connectivity index (χ4n) is 1.60. The van der Waals surface area contributed by atoms with Crippen molar-refractivity contribution in [2.24, 2.45) is 0 Å². The highest BCUT2D eigenvalue weighted by Gasteiger charge is 2.13. The second kappa shape index (κ2) is 4.25. The zero-order chi connectivity index (χ0) is 12.4. The Morgan fingerprint density at radius 2 is 2.18 bits per heavy atom. The Hall–Kier alpha value is -2.37. The summed E-state index contributed by atoms with van der Waals surface area (Å²) in [5, 5.41) is 12.5. The van der Waals surface area contributed by atoms with E-state index in [1.54, 1.807) is 12.1 Å². The van der Waals surface area contributed by atoms with E-state index in [2.05, 4.69) is 10.1 Å². The van der Waals surface area contributed by atoms with Crippen molar-refractivity contribution < 1.29 is 9.90 Å². The van der Waals surface area contributed by atoms with Gasteiger partial charge in [0.05, 0.1) is 5.69 Å². The van der Waals surface area contributed by atoms with Crippen molar-refractivity contribution in [2.75, 3.05) is 0 Å². The predicted molar refractivity (Wildman–Crippen MR) is 60.5 cm³/mol. The van der Waals surface area contributed by atoms with Gasteiger partial charge in [-0.05, 0) is 18.1 Å². The third kappa shape index (κ3) is 1.96. The smallest absolute Gasteiger partial charge is 0.373 e. The highest BCUT2D eigenvalue weighted by molar-refractivity contribution is 5.82. The van der Waals surface area contributed by atoms with Crippen LogP contribution in [0.25, 0.3) is 5.69 Å². The van der Waals surface area contributed by atoms with Gasteiger partial charge in [-0.3, -0.25) is 4.98 Å². The molecule has 0 aliphatic carbocycles. The molecule has 0 bridgehead atoms. The molecule has 88 valence electrons.